The number of aromatic amines is 1. The average molecular weight is 378 g/mol. The number of benzene rings is 1. The zero-order chi connectivity index (χ0) is 19.3. The van der Waals surface area contributed by atoms with Crippen LogP contribution in [-0.2, 0) is 13.0 Å². The van der Waals surface area contributed by atoms with Crippen molar-refractivity contribution < 1.29 is 4.39 Å². The third kappa shape index (κ3) is 2.98. The molecule has 144 valence electrons. The van der Waals surface area contributed by atoms with Gasteiger partial charge in [0.1, 0.15) is 5.82 Å². The summed E-state index contributed by atoms with van der Waals surface area (Å²) in [6.07, 6.45) is 2.58. The molecule has 0 radical (unpaired) electrons. The van der Waals surface area contributed by atoms with Gasteiger partial charge >= 0.3 is 0 Å². The van der Waals surface area contributed by atoms with E-state index in [-0.39, 0.29) is 11.4 Å². The molecule has 2 saturated heterocycles. The molecule has 6 heteroatoms. The molecule has 1 aromatic carbocycles. The van der Waals surface area contributed by atoms with Gasteiger partial charge in [0.2, 0.25) is 0 Å². The molecule has 0 atom stereocenters. The summed E-state index contributed by atoms with van der Waals surface area (Å²) in [5, 5.41) is 0.981. The predicted molar refractivity (Wildman–Crippen MR) is 108 cm³/mol. The minimum atomic E-state index is -0.191. The number of H-pyrrole nitrogens is 1. The fourth-order valence-electron chi connectivity index (χ4n) is 4.58. The molecule has 2 aliphatic heterocycles. The molecule has 3 aromatic rings. The highest BCUT2D eigenvalue weighted by Gasteiger charge is 2.51. The molecular formula is C22H23FN4O. The van der Waals surface area contributed by atoms with Crippen LogP contribution in [0.15, 0.2) is 47.4 Å². The number of fused-ring (bicyclic) bond motifs is 1. The topological polar surface area (TPSA) is 52.2 Å². The van der Waals surface area contributed by atoms with Crippen molar-refractivity contribution >= 4 is 16.6 Å². The summed E-state index contributed by atoms with van der Waals surface area (Å²) in [6.45, 7) is 6.92. The molecule has 2 aliphatic rings. The normalized spacial score (nSPS) is 18.3. The summed E-state index contributed by atoms with van der Waals surface area (Å²) in [4.78, 5) is 24.3. The zero-order valence-corrected chi connectivity index (χ0v) is 15.9. The van der Waals surface area contributed by atoms with Gasteiger partial charge in [-0.1, -0.05) is 6.92 Å². The van der Waals surface area contributed by atoms with E-state index in [1.54, 1.807) is 0 Å². The molecule has 4 heterocycles. The molecule has 28 heavy (non-hydrogen) atoms. The van der Waals surface area contributed by atoms with Crippen LogP contribution in [0.2, 0.25) is 0 Å². The number of likely N-dealkylation sites (tertiary alicyclic amines) is 1. The number of anilines is 1. The molecule has 5 rings (SSSR count). The van der Waals surface area contributed by atoms with E-state index in [9.17, 15) is 9.18 Å². The predicted octanol–water partition coefficient (Wildman–Crippen LogP) is 2.95. The van der Waals surface area contributed by atoms with Crippen LogP contribution in [0.4, 0.5) is 10.1 Å². The zero-order valence-electron chi connectivity index (χ0n) is 15.9. The highest BCUT2D eigenvalue weighted by atomic mass is 19.1. The molecule has 0 saturated carbocycles. The molecule has 1 spiro atoms. The number of rotatable bonds is 4. The summed E-state index contributed by atoms with van der Waals surface area (Å²) in [5.41, 5.74) is 4.07. The summed E-state index contributed by atoms with van der Waals surface area (Å²) < 4.78 is 13.1. The number of pyridine rings is 2. The van der Waals surface area contributed by atoms with E-state index in [1.165, 1.54) is 12.1 Å². The van der Waals surface area contributed by atoms with E-state index in [0.29, 0.717) is 5.41 Å². The molecule has 0 aliphatic carbocycles. The van der Waals surface area contributed by atoms with Crippen molar-refractivity contribution in [1.29, 1.82) is 0 Å². The van der Waals surface area contributed by atoms with Crippen LogP contribution in [0, 0.1) is 11.2 Å². The fraction of sp³-hybridized carbons (Fsp3) is 0.364. The summed E-state index contributed by atoms with van der Waals surface area (Å²) in [6, 6.07) is 10.7. The van der Waals surface area contributed by atoms with Crippen LogP contribution >= 0.6 is 0 Å². The molecule has 0 bridgehead atoms. The first-order chi connectivity index (χ1) is 13.5. The maximum atomic E-state index is 13.1. The van der Waals surface area contributed by atoms with Crippen molar-refractivity contribution in [3.63, 3.8) is 0 Å². The lowest BCUT2D eigenvalue weighted by Gasteiger charge is -2.61. The van der Waals surface area contributed by atoms with Crippen LogP contribution in [0.3, 0.4) is 0 Å². The van der Waals surface area contributed by atoms with Crippen molar-refractivity contribution in [1.82, 2.24) is 14.9 Å². The molecule has 1 N–H and O–H groups in total. The second-order valence-corrected chi connectivity index (χ2v) is 8.22. The van der Waals surface area contributed by atoms with Gasteiger partial charge in [-0.15, -0.1) is 0 Å². The van der Waals surface area contributed by atoms with Crippen molar-refractivity contribution in [3.05, 3.63) is 70.0 Å². The van der Waals surface area contributed by atoms with Gasteiger partial charge in [-0.2, -0.15) is 0 Å². The Morgan fingerprint density at radius 3 is 2.61 bits per heavy atom. The Labute approximate surface area is 162 Å². The highest BCUT2D eigenvalue weighted by Crippen LogP contribution is 2.42. The molecular weight excluding hydrogens is 355 g/mol. The monoisotopic (exact) mass is 378 g/mol. The van der Waals surface area contributed by atoms with E-state index in [0.717, 1.165) is 67.0 Å². The van der Waals surface area contributed by atoms with E-state index < -0.39 is 0 Å². The third-order valence-electron chi connectivity index (χ3n) is 5.99. The van der Waals surface area contributed by atoms with Gasteiger partial charge in [0, 0.05) is 61.0 Å². The third-order valence-corrected chi connectivity index (χ3v) is 5.99. The minimum Gasteiger partial charge on any atom is -0.370 e. The number of nitrogens with one attached hydrogen (secondary N) is 1. The first kappa shape index (κ1) is 17.4. The van der Waals surface area contributed by atoms with Gasteiger partial charge in [-0.3, -0.25) is 14.7 Å². The Kier molecular flexibility index (Phi) is 3.98. The van der Waals surface area contributed by atoms with E-state index in [4.69, 9.17) is 0 Å². The first-order valence-corrected chi connectivity index (χ1v) is 9.77. The highest BCUT2D eigenvalue weighted by molar-refractivity contribution is 5.78. The SMILES string of the molecule is CCc1cc2cnc(CN3CC4(C3)CN(c3ccc(F)cc3)C4)cc2[nH]c1=O. The second-order valence-electron chi connectivity index (χ2n) is 8.22. The largest absolute Gasteiger partial charge is 0.370 e. The Bertz CT molecular complexity index is 1080. The van der Waals surface area contributed by atoms with Crippen LogP contribution in [0.1, 0.15) is 18.2 Å². The Morgan fingerprint density at radius 1 is 1.14 bits per heavy atom. The van der Waals surface area contributed by atoms with Gasteiger partial charge in [0.05, 0.1) is 11.2 Å². The Balaban J connectivity index is 1.21. The lowest BCUT2D eigenvalue weighted by atomic mass is 9.72. The average Bonchev–Trinajstić information content (AvgIpc) is 2.63. The van der Waals surface area contributed by atoms with Gasteiger partial charge in [0.15, 0.2) is 0 Å². The van der Waals surface area contributed by atoms with Crippen LogP contribution in [0.25, 0.3) is 10.9 Å². The Morgan fingerprint density at radius 2 is 1.89 bits per heavy atom. The fourth-order valence-corrected chi connectivity index (χ4v) is 4.58. The van der Waals surface area contributed by atoms with Crippen molar-refractivity contribution in [2.24, 2.45) is 5.41 Å². The quantitative estimate of drug-likeness (QED) is 0.758. The van der Waals surface area contributed by atoms with Crippen LogP contribution in [-0.4, -0.2) is 41.0 Å². The Hall–Kier alpha value is -2.73. The number of aromatic nitrogens is 2. The molecule has 2 fully saturated rings. The van der Waals surface area contributed by atoms with Gasteiger partial charge in [-0.05, 0) is 42.8 Å². The lowest BCUT2D eigenvalue weighted by Crippen LogP contribution is -2.72. The van der Waals surface area contributed by atoms with Crippen molar-refractivity contribution in [2.75, 3.05) is 31.1 Å². The van der Waals surface area contributed by atoms with E-state index in [1.807, 2.05) is 37.4 Å². The smallest absolute Gasteiger partial charge is 0.251 e. The maximum Gasteiger partial charge on any atom is 0.251 e. The van der Waals surface area contributed by atoms with Crippen molar-refractivity contribution in [3.8, 4) is 0 Å². The number of hydrogen-bond acceptors (Lipinski definition) is 4. The summed E-state index contributed by atoms with van der Waals surface area (Å²) >= 11 is 0. The van der Waals surface area contributed by atoms with E-state index >= 15 is 0 Å². The summed E-state index contributed by atoms with van der Waals surface area (Å²) in [7, 11) is 0. The van der Waals surface area contributed by atoms with Gasteiger partial charge in [-0.25, -0.2) is 4.39 Å². The number of aryl methyl sites for hydroxylation is 1. The van der Waals surface area contributed by atoms with Gasteiger partial charge < -0.3 is 9.88 Å². The van der Waals surface area contributed by atoms with E-state index in [2.05, 4.69) is 19.8 Å². The second kappa shape index (κ2) is 6.41. The molecule has 0 amide bonds. The number of hydrogen-bond donors (Lipinski definition) is 1. The molecule has 2 aromatic heterocycles. The standard InChI is InChI=1S/C22H23FN4O/c1-2-15-7-16-9-24-18(8-20(16)25-21(15)28)10-26-11-22(12-26)13-27(14-22)19-5-3-17(23)4-6-19/h3-9H,2,10-14H2,1H3,(H,25,28). The molecule has 5 nitrogen and oxygen atoms in total. The minimum absolute atomic E-state index is 0.00888. The van der Waals surface area contributed by atoms with Crippen molar-refractivity contribution in [2.45, 2.75) is 19.9 Å². The van der Waals surface area contributed by atoms with Crippen LogP contribution in [0.5, 0.6) is 0 Å². The first-order valence-electron chi connectivity index (χ1n) is 9.77. The number of halogens is 1. The maximum absolute atomic E-state index is 13.1. The molecule has 0 unspecified atom stereocenters. The van der Waals surface area contributed by atoms with Gasteiger partial charge in [0.25, 0.3) is 5.56 Å². The number of nitrogens with zero attached hydrogens (tertiary/aromatic N) is 3. The van der Waals surface area contributed by atoms with Crippen LogP contribution < -0.4 is 10.5 Å². The lowest BCUT2D eigenvalue weighted by molar-refractivity contribution is -0.0280. The summed E-state index contributed by atoms with van der Waals surface area (Å²) in [5.74, 6) is -0.191.